The van der Waals surface area contributed by atoms with Crippen molar-refractivity contribution in [1.29, 1.82) is 0 Å². The fourth-order valence-electron chi connectivity index (χ4n) is 5.84. The number of aryl methyl sites for hydroxylation is 3. The topological polar surface area (TPSA) is 22.1 Å². The van der Waals surface area contributed by atoms with E-state index in [0.717, 1.165) is 24.3 Å². The van der Waals surface area contributed by atoms with Gasteiger partial charge in [-0.25, -0.2) is 0 Å². The van der Waals surface area contributed by atoms with Crippen LogP contribution in [0.2, 0.25) is 0 Å². The van der Waals surface area contributed by atoms with E-state index in [2.05, 4.69) is 88.4 Å². The van der Waals surface area contributed by atoms with Crippen LogP contribution in [0.3, 0.4) is 0 Å². The van der Waals surface area contributed by atoms with Crippen LogP contribution in [0.25, 0.3) is 22.0 Å². The molecule has 1 aliphatic carbocycles. The van der Waals surface area contributed by atoms with E-state index in [1.54, 1.807) is 0 Å². The average molecular weight is 450 g/mol. The molecule has 0 amide bonds. The van der Waals surface area contributed by atoms with Gasteiger partial charge in [0.25, 0.3) is 0 Å². The van der Waals surface area contributed by atoms with Crippen LogP contribution < -0.4 is 4.74 Å². The number of hydrogen-bond donors (Lipinski definition) is 0. The van der Waals surface area contributed by atoms with E-state index in [9.17, 15) is 0 Å². The zero-order valence-electron chi connectivity index (χ0n) is 21.1. The highest BCUT2D eigenvalue weighted by Gasteiger charge is 2.27. The van der Waals surface area contributed by atoms with Gasteiger partial charge in [-0.1, -0.05) is 68.4 Å². The first kappa shape index (κ1) is 22.7. The van der Waals surface area contributed by atoms with E-state index in [0.29, 0.717) is 11.8 Å². The minimum absolute atomic E-state index is 0.427. The molecule has 1 unspecified atom stereocenters. The minimum Gasteiger partial charge on any atom is -0.496 e. The molecule has 1 aromatic heterocycles. The van der Waals surface area contributed by atoms with E-state index in [-0.39, 0.29) is 0 Å². The minimum atomic E-state index is 0.427. The van der Waals surface area contributed by atoms with E-state index < -0.39 is 0 Å². The number of hydrogen-bond acceptors (Lipinski definition) is 2. The summed E-state index contributed by atoms with van der Waals surface area (Å²) in [5.41, 5.74) is 10.2. The number of nitrogens with zero attached hydrogens (tertiary/aromatic N) is 1. The van der Waals surface area contributed by atoms with Crippen LogP contribution in [-0.2, 0) is 12.8 Å². The van der Waals surface area contributed by atoms with Gasteiger partial charge in [0.05, 0.1) is 12.8 Å². The van der Waals surface area contributed by atoms with Crippen LogP contribution in [0, 0.1) is 13.8 Å². The molecule has 1 aliphatic rings. The SMILES string of the molecule is COc1cc(-c2c(C)cc(C(C)C)cc2C)nc2c1C(Cc1cccc3ccccc13)CCC2. The van der Waals surface area contributed by atoms with Crippen LogP contribution in [-0.4, -0.2) is 12.1 Å². The van der Waals surface area contributed by atoms with Gasteiger partial charge >= 0.3 is 0 Å². The average Bonchev–Trinajstić information content (AvgIpc) is 2.83. The number of rotatable bonds is 5. The maximum absolute atomic E-state index is 6.03. The highest BCUT2D eigenvalue weighted by atomic mass is 16.5. The Bertz CT molecular complexity index is 1310. The van der Waals surface area contributed by atoms with Gasteiger partial charge in [-0.05, 0) is 84.4 Å². The lowest BCUT2D eigenvalue weighted by Gasteiger charge is -2.28. The lowest BCUT2D eigenvalue weighted by Crippen LogP contribution is -2.16. The molecule has 2 nitrogen and oxygen atoms in total. The predicted octanol–water partition coefficient (Wildman–Crippen LogP) is 8.31. The van der Waals surface area contributed by atoms with Gasteiger partial charge in [-0.2, -0.15) is 0 Å². The van der Waals surface area contributed by atoms with E-state index in [1.807, 2.05) is 7.11 Å². The molecule has 0 saturated carbocycles. The summed E-state index contributed by atoms with van der Waals surface area (Å²) in [6, 6.07) is 22.2. The first-order chi connectivity index (χ1) is 16.5. The number of methoxy groups -OCH3 is 1. The Hall–Kier alpha value is -3.13. The summed E-state index contributed by atoms with van der Waals surface area (Å²) in [5.74, 6) is 1.94. The van der Waals surface area contributed by atoms with E-state index in [4.69, 9.17) is 9.72 Å². The second-order valence-corrected chi connectivity index (χ2v) is 10.2. The van der Waals surface area contributed by atoms with Gasteiger partial charge in [0.2, 0.25) is 0 Å². The number of aromatic nitrogens is 1. The van der Waals surface area contributed by atoms with Crippen molar-refractivity contribution in [2.75, 3.05) is 7.11 Å². The van der Waals surface area contributed by atoms with E-state index in [1.165, 1.54) is 62.7 Å². The van der Waals surface area contributed by atoms with Crippen molar-refractivity contribution in [1.82, 2.24) is 4.98 Å². The Kier molecular flexibility index (Phi) is 6.16. The summed E-state index contributed by atoms with van der Waals surface area (Å²) in [5, 5.41) is 2.67. The molecule has 5 rings (SSSR count). The van der Waals surface area contributed by atoms with Gasteiger partial charge in [0.15, 0.2) is 0 Å². The van der Waals surface area contributed by atoms with Crippen LogP contribution in [0.1, 0.15) is 72.0 Å². The van der Waals surface area contributed by atoms with Crippen molar-refractivity contribution in [3.8, 4) is 17.0 Å². The lowest BCUT2D eigenvalue weighted by molar-refractivity contribution is 0.395. The van der Waals surface area contributed by atoms with Crippen molar-refractivity contribution in [2.24, 2.45) is 0 Å². The largest absolute Gasteiger partial charge is 0.496 e. The molecule has 0 spiro atoms. The van der Waals surface area contributed by atoms with Crippen molar-refractivity contribution in [2.45, 2.75) is 65.2 Å². The third-order valence-electron chi connectivity index (χ3n) is 7.52. The highest BCUT2D eigenvalue weighted by molar-refractivity contribution is 5.85. The summed E-state index contributed by atoms with van der Waals surface area (Å²) < 4.78 is 6.03. The molecule has 0 bridgehead atoms. The summed E-state index contributed by atoms with van der Waals surface area (Å²) >= 11 is 0. The molecule has 0 N–H and O–H groups in total. The Balaban J connectivity index is 1.57. The normalized spacial score (nSPS) is 15.5. The lowest BCUT2D eigenvalue weighted by atomic mass is 9.80. The van der Waals surface area contributed by atoms with Gasteiger partial charge in [-0.3, -0.25) is 4.98 Å². The third kappa shape index (κ3) is 4.11. The molecule has 0 aliphatic heterocycles. The fraction of sp³-hybridized carbons (Fsp3) is 0.344. The number of fused-ring (bicyclic) bond motifs is 2. The predicted molar refractivity (Wildman–Crippen MR) is 143 cm³/mol. The van der Waals surface area contributed by atoms with Gasteiger partial charge < -0.3 is 4.74 Å². The molecule has 0 saturated heterocycles. The van der Waals surface area contributed by atoms with Crippen LogP contribution in [0.4, 0.5) is 0 Å². The molecule has 3 aromatic carbocycles. The maximum Gasteiger partial charge on any atom is 0.126 e. The third-order valence-corrected chi connectivity index (χ3v) is 7.52. The molecular formula is C32H35NO. The van der Waals surface area contributed by atoms with Crippen molar-refractivity contribution >= 4 is 10.8 Å². The molecule has 4 aromatic rings. The molecule has 0 fully saturated rings. The summed E-state index contributed by atoms with van der Waals surface area (Å²) in [7, 11) is 1.81. The second-order valence-electron chi connectivity index (χ2n) is 10.2. The molecule has 1 heterocycles. The second kappa shape index (κ2) is 9.25. The van der Waals surface area contributed by atoms with Crippen molar-refractivity contribution < 1.29 is 4.74 Å². The highest BCUT2D eigenvalue weighted by Crippen LogP contribution is 2.42. The number of benzene rings is 3. The molecular weight excluding hydrogens is 414 g/mol. The van der Waals surface area contributed by atoms with Crippen molar-refractivity contribution in [3.05, 3.63) is 94.2 Å². The smallest absolute Gasteiger partial charge is 0.126 e. The summed E-state index contributed by atoms with van der Waals surface area (Å²) in [6.45, 7) is 8.94. The molecule has 34 heavy (non-hydrogen) atoms. The van der Waals surface area contributed by atoms with Crippen molar-refractivity contribution in [3.63, 3.8) is 0 Å². The summed E-state index contributed by atoms with van der Waals surface area (Å²) in [6.07, 6.45) is 4.39. The summed E-state index contributed by atoms with van der Waals surface area (Å²) in [4.78, 5) is 5.26. The number of ether oxygens (including phenoxy) is 1. The standard InChI is InChI=1S/C32H35NO/c1-20(2)26-16-21(3)31(22(4)17-26)29-19-30(34-5)32-25(13-9-15-28(32)33-29)18-24-12-8-11-23-10-6-7-14-27(23)24/h6-8,10-12,14,16-17,19-20,25H,9,13,15,18H2,1-5H3. The van der Waals surface area contributed by atoms with Gasteiger partial charge in [0.1, 0.15) is 5.75 Å². The Morgan fingerprint density at radius 3 is 2.44 bits per heavy atom. The Labute approximate surface area is 204 Å². The van der Waals surface area contributed by atoms with Crippen LogP contribution in [0.5, 0.6) is 5.75 Å². The monoisotopic (exact) mass is 449 g/mol. The molecule has 0 radical (unpaired) electrons. The molecule has 2 heteroatoms. The fourth-order valence-corrected chi connectivity index (χ4v) is 5.84. The number of pyridine rings is 1. The van der Waals surface area contributed by atoms with Crippen LogP contribution >= 0.6 is 0 Å². The quantitative estimate of drug-likeness (QED) is 0.306. The molecule has 1 atom stereocenters. The van der Waals surface area contributed by atoms with Gasteiger partial charge in [0, 0.05) is 22.9 Å². The maximum atomic E-state index is 6.03. The van der Waals surface area contributed by atoms with E-state index >= 15 is 0 Å². The molecule has 174 valence electrons. The Morgan fingerprint density at radius 1 is 0.971 bits per heavy atom. The zero-order chi connectivity index (χ0) is 23.8. The Morgan fingerprint density at radius 2 is 1.71 bits per heavy atom. The van der Waals surface area contributed by atoms with Gasteiger partial charge in [-0.15, -0.1) is 0 Å². The zero-order valence-corrected chi connectivity index (χ0v) is 21.1. The van der Waals surface area contributed by atoms with Crippen LogP contribution in [0.15, 0.2) is 60.7 Å². The first-order valence-corrected chi connectivity index (χ1v) is 12.6. The first-order valence-electron chi connectivity index (χ1n) is 12.6.